The van der Waals surface area contributed by atoms with Crippen LogP contribution in [0.15, 0.2) is 42.5 Å². The Labute approximate surface area is 207 Å². The molecule has 12 heteroatoms. The summed E-state index contributed by atoms with van der Waals surface area (Å²) in [4.78, 5) is 27.1. The predicted molar refractivity (Wildman–Crippen MR) is 129 cm³/mol. The topological polar surface area (TPSA) is 86.8 Å². The van der Waals surface area contributed by atoms with Crippen LogP contribution in [-0.4, -0.2) is 50.5 Å². The Kier molecular flexibility index (Phi) is 9.18. The average molecular weight is 534 g/mol. The number of sulfonamides is 1. The normalized spacial score (nSPS) is 12.7. The summed E-state index contributed by atoms with van der Waals surface area (Å²) in [7, 11) is -4.23. The number of anilines is 1. The van der Waals surface area contributed by atoms with Gasteiger partial charge in [0, 0.05) is 13.1 Å². The molecule has 0 aromatic heterocycles. The lowest BCUT2D eigenvalue weighted by Gasteiger charge is -2.31. The van der Waals surface area contributed by atoms with Crippen LogP contribution >= 0.6 is 11.6 Å². The number of amides is 2. The number of nitrogens with one attached hydrogen (secondary N) is 1. The molecule has 2 rings (SSSR count). The first-order valence-electron chi connectivity index (χ1n) is 10.6. The van der Waals surface area contributed by atoms with Crippen LogP contribution in [0.3, 0.4) is 0 Å². The van der Waals surface area contributed by atoms with Crippen molar-refractivity contribution in [3.63, 3.8) is 0 Å². The Balaban J connectivity index is 2.48. The molecule has 0 aliphatic heterocycles. The molecule has 7 nitrogen and oxygen atoms in total. The van der Waals surface area contributed by atoms with Crippen LogP contribution in [-0.2, 0) is 32.3 Å². The zero-order valence-electron chi connectivity index (χ0n) is 19.7. The van der Waals surface area contributed by atoms with Crippen molar-refractivity contribution in [1.82, 2.24) is 10.2 Å². The maximum absolute atomic E-state index is 13.4. The maximum Gasteiger partial charge on any atom is 0.416 e. The molecule has 0 heterocycles. The number of halogens is 4. The van der Waals surface area contributed by atoms with Crippen molar-refractivity contribution in [3.8, 4) is 0 Å². The molecule has 0 saturated heterocycles. The lowest BCUT2D eigenvalue weighted by atomic mass is 10.1. The molecule has 1 atom stereocenters. The third-order valence-electron chi connectivity index (χ3n) is 5.21. The Morgan fingerprint density at radius 3 is 2.23 bits per heavy atom. The highest BCUT2D eigenvalue weighted by Crippen LogP contribution is 2.36. The monoisotopic (exact) mass is 533 g/mol. The fourth-order valence-electron chi connectivity index (χ4n) is 3.27. The summed E-state index contributed by atoms with van der Waals surface area (Å²) in [6.07, 6.45) is -3.99. The van der Waals surface area contributed by atoms with E-state index < -0.39 is 51.9 Å². The fourth-order valence-corrected chi connectivity index (χ4v) is 4.39. The van der Waals surface area contributed by atoms with E-state index in [1.807, 2.05) is 19.1 Å². The van der Waals surface area contributed by atoms with Crippen LogP contribution in [0.1, 0.15) is 30.5 Å². The SMILES string of the molecule is CCNC(=O)[C@@H](C)N(Cc1ccc(C)cc1)C(=O)CN(c1cc(C(F)(F)F)ccc1Cl)S(C)(=O)=O. The second-order valence-corrected chi connectivity index (χ2v) is 10.3. The largest absolute Gasteiger partial charge is 0.416 e. The highest BCUT2D eigenvalue weighted by atomic mass is 35.5. The van der Waals surface area contributed by atoms with Crippen LogP contribution in [0.2, 0.25) is 5.02 Å². The number of carbonyl (C=O) groups excluding carboxylic acids is 2. The van der Waals surface area contributed by atoms with E-state index in [9.17, 15) is 31.2 Å². The van der Waals surface area contributed by atoms with Crippen molar-refractivity contribution in [2.75, 3.05) is 23.7 Å². The first-order valence-corrected chi connectivity index (χ1v) is 12.8. The van der Waals surface area contributed by atoms with Gasteiger partial charge in [0.25, 0.3) is 0 Å². The minimum Gasteiger partial charge on any atom is -0.355 e. The highest BCUT2D eigenvalue weighted by molar-refractivity contribution is 7.92. The van der Waals surface area contributed by atoms with E-state index in [4.69, 9.17) is 11.6 Å². The van der Waals surface area contributed by atoms with E-state index in [1.165, 1.54) is 11.8 Å². The summed E-state index contributed by atoms with van der Waals surface area (Å²) in [5.41, 5.74) is 0.0532. The van der Waals surface area contributed by atoms with E-state index in [1.54, 1.807) is 19.1 Å². The van der Waals surface area contributed by atoms with Gasteiger partial charge in [-0.15, -0.1) is 0 Å². The molecule has 2 aromatic carbocycles. The van der Waals surface area contributed by atoms with E-state index in [2.05, 4.69) is 5.32 Å². The van der Waals surface area contributed by atoms with Gasteiger partial charge in [-0.1, -0.05) is 41.4 Å². The molecule has 0 saturated carbocycles. The second kappa shape index (κ2) is 11.3. The third kappa shape index (κ3) is 7.60. The van der Waals surface area contributed by atoms with Crippen molar-refractivity contribution >= 4 is 39.1 Å². The van der Waals surface area contributed by atoms with Crippen molar-refractivity contribution < 1.29 is 31.2 Å². The van der Waals surface area contributed by atoms with Crippen LogP contribution in [0.25, 0.3) is 0 Å². The summed E-state index contributed by atoms with van der Waals surface area (Å²) < 4.78 is 65.4. The van der Waals surface area contributed by atoms with Crippen molar-refractivity contribution in [3.05, 3.63) is 64.2 Å². The van der Waals surface area contributed by atoms with Gasteiger partial charge in [0.1, 0.15) is 12.6 Å². The van der Waals surface area contributed by atoms with Gasteiger partial charge in [-0.2, -0.15) is 13.2 Å². The molecule has 2 amide bonds. The van der Waals surface area contributed by atoms with Crippen molar-refractivity contribution in [2.24, 2.45) is 0 Å². The molecule has 35 heavy (non-hydrogen) atoms. The van der Waals surface area contributed by atoms with E-state index >= 15 is 0 Å². The number of rotatable bonds is 9. The number of alkyl halides is 3. The van der Waals surface area contributed by atoms with E-state index in [0.717, 1.165) is 24.0 Å². The van der Waals surface area contributed by atoms with Crippen molar-refractivity contribution in [2.45, 2.75) is 39.5 Å². The van der Waals surface area contributed by atoms with E-state index in [0.29, 0.717) is 22.5 Å². The average Bonchev–Trinajstić information content (AvgIpc) is 2.75. The smallest absolute Gasteiger partial charge is 0.355 e. The zero-order chi connectivity index (χ0) is 26.6. The minimum atomic E-state index is -4.75. The lowest BCUT2D eigenvalue weighted by molar-refractivity contribution is -0.139. The summed E-state index contributed by atoms with van der Waals surface area (Å²) in [6.45, 7) is 4.51. The Hall–Kier alpha value is -2.79. The van der Waals surface area contributed by atoms with Gasteiger partial charge in [-0.3, -0.25) is 13.9 Å². The Bertz CT molecular complexity index is 1170. The molecule has 0 spiro atoms. The van der Waals surface area contributed by atoms with Crippen LogP contribution in [0, 0.1) is 6.92 Å². The lowest BCUT2D eigenvalue weighted by Crippen LogP contribution is -2.51. The van der Waals surface area contributed by atoms with Gasteiger partial charge < -0.3 is 10.2 Å². The molecular weight excluding hydrogens is 507 g/mol. The molecule has 0 fully saturated rings. The molecular formula is C23H27ClF3N3O4S. The predicted octanol–water partition coefficient (Wildman–Crippen LogP) is 3.99. The Morgan fingerprint density at radius 1 is 1.11 bits per heavy atom. The van der Waals surface area contributed by atoms with Crippen molar-refractivity contribution in [1.29, 1.82) is 0 Å². The Morgan fingerprint density at radius 2 is 1.71 bits per heavy atom. The molecule has 0 radical (unpaired) electrons. The summed E-state index contributed by atoms with van der Waals surface area (Å²) >= 11 is 6.05. The summed E-state index contributed by atoms with van der Waals surface area (Å²) in [5.74, 6) is -1.25. The number of hydrogen-bond donors (Lipinski definition) is 1. The van der Waals surface area contributed by atoms with Gasteiger partial charge >= 0.3 is 6.18 Å². The third-order valence-corrected chi connectivity index (χ3v) is 6.66. The molecule has 0 bridgehead atoms. The molecule has 2 aromatic rings. The number of carbonyl (C=O) groups is 2. The van der Waals surface area contributed by atoms with Gasteiger partial charge in [-0.05, 0) is 44.5 Å². The number of nitrogens with zero attached hydrogens (tertiary/aromatic N) is 2. The van der Waals surface area contributed by atoms with Gasteiger partial charge in [0.2, 0.25) is 21.8 Å². The minimum absolute atomic E-state index is 0.0225. The van der Waals surface area contributed by atoms with Crippen LogP contribution in [0.4, 0.5) is 18.9 Å². The highest BCUT2D eigenvalue weighted by Gasteiger charge is 2.34. The molecule has 1 N–H and O–H groups in total. The van der Waals surface area contributed by atoms with Crippen LogP contribution < -0.4 is 9.62 Å². The van der Waals surface area contributed by atoms with Gasteiger partial charge in [0.15, 0.2) is 0 Å². The fraction of sp³-hybridized carbons (Fsp3) is 0.391. The van der Waals surface area contributed by atoms with Crippen LogP contribution in [0.5, 0.6) is 0 Å². The quantitative estimate of drug-likeness (QED) is 0.528. The summed E-state index contributed by atoms with van der Waals surface area (Å²) in [6, 6.07) is 8.39. The first-order chi connectivity index (χ1) is 16.1. The molecule has 0 aliphatic carbocycles. The number of aryl methyl sites for hydroxylation is 1. The first kappa shape index (κ1) is 28.4. The van der Waals surface area contributed by atoms with E-state index in [-0.39, 0.29) is 11.6 Å². The summed E-state index contributed by atoms with van der Waals surface area (Å²) in [5, 5.41) is 2.33. The zero-order valence-corrected chi connectivity index (χ0v) is 21.3. The molecule has 192 valence electrons. The number of hydrogen-bond acceptors (Lipinski definition) is 4. The molecule has 0 unspecified atom stereocenters. The van der Waals surface area contributed by atoms with Gasteiger partial charge in [0.05, 0.1) is 22.5 Å². The maximum atomic E-state index is 13.4. The standard InChI is InChI=1S/C23H27ClF3N3O4S/c1-5-28-22(32)16(3)29(13-17-8-6-15(2)7-9-17)21(31)14-30(35(4,33)34)20-12-18(23(25,26)27)10-11-19(20)24/h6-12,16H,5,13-14H2,1-4H3,(H,28,32)/t16-/m1/s1. The van der Waals surface area contributed by atoms with Gasteiger partial charge in [-0.25, -0.2) is 8.42 Å². The number of likely N-dealkylation sites (N-methyl/N-ethyl adjacent to an activating group) is 1. The molecule has 0 aliphatic rings. The number of benzene rings is 2. The second-order valence-electron chi connectivity index (χ2n) is 8.01.